The van der Waals surface area contributed by atoms with Crippen molar-refractivity contribution in [1.29, 1.82) is 0 Å². The van der Waals surface area contributed by atoms with E-state index in [2.05, 4.69) is 70.8 Å². The zero-order chi connectivity index (χ0) is 70.6. The van der Waals surface area contributed by atoms with Gasteiger partial charge in [0.2, 0.25) is 70.9 Å². The van der Waals surface area contributed by atoms with Crippen molar-refractivity contribution < 1.29 is 87.1 Å². The number of guanidine groups is 1. The number of carbonyl (C=O) groups excluding carboxylic acids is 12. The molecular formula is C61H90FN15O17S. The van der Waals surface area contributed by atoms with Crippen LogP contribution in [0, 0.1) is 17.7 Å². The predicted octanol–water partition coefficient (Wildman–Crippen LogP) is -4.43. The molecule has 0 bridgehead atoms. The second kappa shape index (κ2) is 38.9. The summed E-state index contributed by atoms with van der Waals surface area (Å²) in [6.45, 7) is 3.23. The number of carboxylic acid groups (broad SMARTS) is 1. The summed E-state index contributed by atoms with van der Waals surface area (Å²) in [5.41, 5.74) is 11.4. The Morgan fingerprint density at radius 3 is 2.08 bits per heavy atom. The molecular weight excluding hydrogens is 1270 g/mol. The Morgan fingerprint density at radius 1 is 0.779 bits per heavy atom. The molecule has 34 heteroatoms. The molecule has 0 saturated carbocycles. The van der Waals surface area contributed by atoms with Crippen LogP contribution in [-0.4, -0.2) is 226 Å². The van der Waals surface area contributed by atoms with Gasteiger partial charge < -0.3 is 94.9 Å². The third-order valence-corrected chi connectivity index (χ3v) is 16.4. The number of nitrogens with zero attached hydrogens (tertiary/aromatic N) is 3. The van der Waals surface area contributed by atoms with Crippen LogP contribution < -0.4 is 64.6 Å². The Labute approximate surface area is 554 Å². The average molecular weight is 1360 g/mol. The van der Waals surface area contributed by atoms with Crippen molar-refractivity contribution >= 4 is 95.4 Å². The molecule has 18 N–H and O–H groups in total. The highest BCUT2D eigenvalue weighted by molar-refractivity contribution is 7.80. The van der Waals surface area contributed by atoms with E-state index in [9.17, 15) is 87.1 Å². The summed E-state index contributed by atoms with van der Waals surface area (Å²) in [7, 11) is 1.26. The van der Waals surface area contributed by atoms with Gasteiger partial charge in [-0.05, 0) is 80.0 Å². The molecule has 32 nitrogen and oxygen atoms in total. The molecule has 2 aliphatic rings. The van der Waals surface area contributed by atoms with E-state index in [1.54, 1.807) is 44.2 Å². The van der Waals surface area contributed by atoms with Crippen molar-refractivity contribution in [3.63, 3.8) is 0 Å². The minimum Gasteiger partial charge on any atom is -0.505 e. The fraction of sp³-hybridized carbons (Fsp3) is 0.574. The molecule has 11 atom stereocenters. The number of carbonyl (C=O) groups is 13. The first kappa shape index (κ1) is 78.3. The number of aliphatic hydroxyl groups excluding tert-OH is 2. The first-order valence-electron chi connectivity index (χ1n) is 31.2. The first-order valence-corrected chi connectivity index (χ1v) is 31.8. The van der Waals surface area contributed by atoms with E-state index >= 15 is 0 Å². The number of aromatic hydroxyl groups is 1. The Balaban J connectivity index is 1.81. The SMILES string of the molecule is CC[C@H](C)[C@H](NC(=O)CO)C(=O)N[C@H]1CCCCNC(=O)[C@H](Cc2ccccc2)N(C)C(=O)[C@H](CO)NC(=O)[C@H](CS)NC(=O)C[C@@H](C(=O)N2CCC[C@H]2C(=O)N[C@@H](CCCN=C(N)N)C(=O)O)NC(=O)CNC(=O)[C@H](C(C)C)NC(=O)[C@H](Cc2ccc(O)c(F)c2)NC1=O. The predicted molar refractivity (Wildman–Crippen MR) is 343 cm³/mol. The van der Waals surface area contributed by atoms with Crippen LogP contribution in [0.2, 0.25) is 0 Å². The van der Waals surface area contributed by atoms with Gasteiger partial charge in [-0.2, -0.15) is 12.6 Å². The van der Waals surface area contributed by atoms with Crippen LogP contribution in [0.15, 0.2) is 53.5 Å². The third-order valence-electron chi connectivity index (χ3n) is 16.0. The minimum absolute atomic E-state index is 0.00196. The Morgan fingerprint density at radius 2 is 1.46 bits per heavy atom. The Bertz CT molecular complexity index is 3070. The quantitative estimate of drug-likeness (QED) is 0.0243. The van der Waals surface area contributed by atoms with E-state index in [0.717, 1.165) is 21.9 Å². The van der Waals surface area contributed by atoms with E-state index < -0.39 is 199 Å². The van der Waals surface area contributed by atoms with Gasteiger partial charge in [0.15, 0.2) is 17.5 Å². The summed E-state index contributed by atoms with van der Waals surface area (Å²) in [6.07, 6.45) is -1.06. The second-order valence-corrected chi connectivity index (χ2v) is 23.9. The first-order chi connectivity index (χ1) is 45.0. The fourth-order valence-electron chi connectivity index (χ4n) is 10.4. The number of phenols is 1. The van der Waals surface area contributed by atoms with Gasteiger partial charge in [-0.15, -0.1) is 0 Å². The van der Waals surface area contributed by atoms with Crippen LogP contribution in [0.4, 0.5) is 4.39 Å². The highest BCUT2D eigenvalue weighted by Crippen LogP contribution is 2.22. The molecule has 2 aliphatic heterocycles. The molecule has 0 aliphatic carbocycles. The largest absolute Gasteiger partial charge is 0.505 e. The van der Waals surface area contributed by atoms with Crippen LogP contribution in [0.25, 0.3) is 0 Å². The van der Waals surface area contributed by atoms with Crippen LogP contribution >= 0.6 is 12.6 Å². The monoisotopic (exact) mass is 1360 g/mol. The van der Waals surface area contributed by atoms with Crippen molar-refractivity contribution in [1.82, 2.24) is 63.0 Å². The van der Waals surface area contributed by atoms with Crippen LogP contribution in [0.5, 0.6) is 5.75 Å². The summed E-state index contributed by atoms with van der Waals surface area (Å²) in [4.78, 5) is 187. The standard InChI is InChI=1S/C61H90FN15O17S/c1-6-33(4)50(74-48(83)30-79)57(90)70-37-16-10-11-21-65-54(87)44(26-34-14-8-7-9-15-34)76(5)58(91)41(29-78)73-53(86)42(31-95)69-46(81)27-40(59(92)77-23-13-18-43(77)55(88)71-38(60(93)94)17-12-22-66-61(63)64)68-47(82)28-67-56(89)49(32(2)3)75-52(85)39(72-51(37)84)25-35-19-20-45(80)36(62)24-35/h7-9,14-15,19-20,24,32-33,37-44,49-50,78-80,95H,6,10-13,16-18,21-23,25-31H2,1-5H3,(H,65,87)(H,67,89)(H,68,82)(H,69,81)(H,70,90)(H,71,88)(H,72,84)(H,73,86)(H,74,83)(H,75,85)(H,93,94)(H4,63,64,66)/t33-,37-,38-,39-,40-,41-,42-,43-,44-,49-,50-/m0/s1. The zero-order valence-electron chi connectivity index (χ0n) is 53.7. The molecule has 0 radical (unpaired) electrons. The fourth-order valence-corrected chi connectivity index (χ4v) is 10.7. The number of amides is 12. The lowest BCUT2D eigenvalue weighted by Crippen LogP contribution is -2.60. The molecule has 12 amide bonds. The van der Waals surface area contributed by atoms with Crippen molar-refractivity contribution in [3.8, 4) is 5.75 Å². The highest BCUT2D eigenvalue weighted by atomic mass is 32.1. The van der Waals surface area contributed by atoms with Crippen molar-refractivity contribution in [2.45, 2.75) is 159 Å². The minimum atomic E-state index is -1.89. The molecule has 2 saturated heterocycles. The number of phenolic OH excluding ortho intramolecular Hbond substituents is 1. The average Bonchev–Trinajstić information content (AvgIpc) is 1.83. The number of thiol groups is 1. The summed E-state index contributed by atoms with van der Waals surface area (Å²) >= 11 is 4.23. The van der Waals surface area contributed by atoms with E-state index in [-0.39, 0.29) is 82.5 Å². The van der Waals surface area contributed by atoms with Gasteiger partial charge >= 0.3 is 5.97 Å². The van der Waals surface area contributed by atoms with E-state index in [4.69, 9.17) is 11.5 Å². The summed E-state index contributed by atoms with van der Waals surface area (Å²) in [5, 5.41) is 65.0. The number of likely N-dealkylation sites (N-methyl/N-ethyl adjacent to an activating group) is 1. The number of carboxylic acids is 1. The number of halogens is 1. The van der Waals surface area contributed by atoms with Gasteiger partial charge in [-0.25, -0.2) is 9.18 Å². The summed E-state index contributed by atoms with van der Waals surface area (Å²) in [6, 6.07) is -3.76. The maximum Gasteiger partial charge on any atom is 0.326 e. The molecule has 0 aromatic heterocycles. The van der Waals surface area contributed by atoms with E-state index in [1.165, 1.54) is 27.0 Å². The van der Waals surface area contributed by atoms with E-state index in [0.29, 0.717) is 12.0 Å². The molecule has 2 fully saturated rings. The third kappa shape index (κ3) is 24.6. The maximum atomic E-state index is 14.9. The van der Waals surface area contributed by atoms with Crippen molar-refractivity contribution in [3.05, 3.63) is 65.5 Å². The summed E-state index contributed by atoms with van der Waals surface area (Å²) < 4.78 is 14.9. The molecule has 95 heavy (non-hydrogen) atoms. The van der Waals surface area contributed by atoms with Crippen molar-refractivity contribution in [2.75, 3.05) is 52.2 Å². The molecule has 2 aromatic rings. The Kier molecular flexibility index (Phi) is 32.0. The number of likely N-dealkylation sites (tertiary alicyclic amines) is 1. The lowest BCUT2D eigenvalue weighted by atomic mass is 9.97. The van der Waals surface area contributed by atoms with Gasteiger partial charge in [0.25, 0.3) is 0 Å². The number of hydrogen-bond acceptors (Lipinski definition) is 18. The molecule has 2 heterocycles. The Hall–Kier alpha value is -9.18. The summed E-state index contributed by atoms with van der Waals surface area (Å²) in [5.74, 6) is -17.0. The van der Waals surface area contributed by atoms with Gasteiger partial charge in [0, 0.05) is 45.3 Å². The number of aliphatic hydroxyl groups is 2. The number of aliphatic carboxylic acids is 1. The van der Waals surface area contributed by atoms with Crippen LogP contribution in [0.1, 0.15) is 96.6 Å². The number of aliphatic imine (C=N–C) groups is 1. The zero-order valence-corrected chi connectivity index (χ0v) is 54.6. The number of nitrogens with two attached hydrogens (primary N) is 2. The van der Waals surface area contributed by atoms with Gasteiger partial charge in [0.05, 0.1) is 19.6 Å². The van der Waals surface area contributed by atoms with E-state index in [1.807, 2.05) is 0 Å². The maximum absolute atomic E-state index is 14.9. The number of benzene rings is 2. The highest BCUT2D eigenvalue weighted by Gasteiger charge is 2.41. The number of hydrogen-bond donors (Lipinski definition) is 17. The lowest BCUT2D eigenvalue weighted by Gasteiger charge is -2.31. The second-order valence-electron chi connectivity index (χ2n) is 23.5. The number of rotatable bonds is 21. The van der Waals surface area contributed by atoms with Gasteiger partial charge in [-0.3, -0.25) is 62.5 Å². The van der Waals surface area contributed by atoms with Gasteiger partial charge in [0.1, 0.15) is 67.0 Å². The van der Waals surface area contributed by atoms with Crippen LogP contribution in [0.3, 0.4) is 0 Å². The molecule has 0 unspecified atom stereocenters. The molecule has 0 spiro atoms. The molecule has 4 rings (SSSR count). The molecule has 2 aromatic carbocycles. The topological polar surface area (TPSA) is 494 Å². The smallest absolute Gasteiger partial charge is 0.326 e. The number of nitrogens with one attached hydrogen (secondary N) is 10. The van der Waals surface area contributed by atoms with Crippen molar-refractivity contribution in [2.24, 2.45) is 28.3 Å². The van der Waals surface area contributed by atoms with Crippen LogP contribution in [-0.2, 0) is 75.2 Å². The normalized spacial score (nSPS) is 23.0. The lowest BCUT2D eigenvalue weighted by molar-refractivity contribution is -0.145. The molecule has 524 valence electrons. The van der Waals surface area contributed by atoms with Gasteiger partial charge in [-0.1, -0.05) is 70.5 Å².